The maximum atomic E-state index is 12.9. The average Bonchev–Trinajstić information content (AvgIpc) is 3.35. The summed E-state index contributed by atoms with van der Waals surface area (Å²) in [5, 5.41) is 0. The van der Waals surface area contributed by atoms with Crippen LogP contribution in [-0.2, 0) is 19.0 Å². The largest absolute Gasteiger partial charge is 0.508 e. The highest BCUT2D eigenvalue weighted by molar-refractivity contribution is 5.78. The molecule has 5 atom stereocenters. The zero-order chi connectivity index (χ0) is 27.5. The minimum Gasteiger partial charge on any atom is -0.461 e. The predicted octanol–water partition coefficient (Wildman–Crippen LogP) is 8.12. The summed E-state index contributed by atoms with van der Waals surface area (Å²) in [6.45, 7) is 15.4. The van der Waals surface area contributed by atoms with E-state index in [0.717, 1.165) is 18.4 Å². The fraction of sp³-hybridized carbons (Fsp3) is 0.697. The third kappa shape index (κ3) is 6.13. The van der Waals surface area contributed by atoms with Gasteiger partial charge >= 0.3 is 12.1 Å². The summed E-state index contributed by atoms with van der Waals surface area (Å²) in [6.07, 6.45) is 18.7. The van der Waals surface area contributed by atoms with Crippen molar-refractivity contribution in [2.24, 2.45) is 34.5 Å². The highest BCUT2D eigenvalue weighted by Gasteiger charge is 2.48. The molecule has 210 valence electrons. The summed E-state index contributed by atoms with van der Waals surface area (Å²) >= 11 is 0. The van der Waals surface area contributed by atoms with Crippen molar-refractivity contribution in [2.75, 3.05) is 13.2 Å². The van der Waals surface area contributed by atoms with Crippen molar-refractivity contribution >= 4 is 12.1 Å². The summed E-state index contributed by atoms with van der Waals surface area (Å²) in [6, 6.07) is 0. The van der Waals surface area contributed by atoms with Crippen LogP contribution in [0.1, 0.15) is 92.4 Å². The van der Waals surface area contributed by atoms with Crippen molar-refractivity contribution in [1.82, 2.24) is 0 Å². The fourth-order valence-electron chi connectivity index (χ4n) is 6.89. The van der Waals surface area contributed by atoms with E-state index >= 15 is 0 Å². The molecule has 0 spiro atoms. The van der Waals surface area contributed by atoms with Crippen LogP contribution in [0.15, 0.2) is 47.6 Å². The first-order chi connectivity index (χ1) is 18.0. The van der Waals surface area contributed by atoms with Crippen molar-refractivity contribution in [1.29, 1.82) is 0 Å². The molecule has 0 aromatic rings. The number of fused-ring (bicyclic) bond motifs is 1. The first-order valence-electron chi connectivity index (χ1n) is 14.8. The quantitative estimate of drug-likeness (QED) is 0.249. The Morgan fingerprint density at radius 3 is 2.45 bits per heavy atom. The Balaban J connectivity index is 1.45. The highest BCUT2D eigenvalue weighted by Crippen LogP contribution is 2.58. The van der Waals surface area contributed by atoms with Crippen LogP contribution in [0.25, 0.3) is 0 Å². The van der Waals surface area contributed by atoms with Crippen LogP contribution in [0.2, 0.25) is 0 Å². The van der Waals surface area contributed by atoms with E-state index in [-0.39, 0.29) is 25.3 Å². The van der Waals surface area contributed by atoms with E-state index < -0.39 is 11.6 Å². The standard InChI is InChI=1S/C33H48O5/c1-22(2)23(3)11-13-25(5)33-17-7-9-26(29(33)10-8-18-33)14-15-27-19-28(16-12-24(27)4)38-30(34)32(6)20-36-31(35)37-21-32/h11,13-15,22-23,25,28-29H,4,7-10,12,16-21H2,1-3,5-6H3/t23-,25+,28-,29-,33+/m0/s1. The molecule has 4 aliphatic rings. The van der Waals surface area contributed by atoms with Crippen LogP contribution >= 0.6 is 0 Å². The molecule has 0 radical (unpaired) electrons. The number of carbonyl (C=O) groups excluding carboxylic acids is 2. The van der Waals surface area contributed by atoms with Gasteiger partial charge in [0, 0.05) is 6.42 Å². The highest BCUT2D eigenvalue weighted by atomic mass is 16.7. The molecule has 0 bridgehead atoms. The van der Waals surface area contributed by atoms with Gasteiger partial charge < -0.3 is 14.2 Å². The van der Waals surface area contributed by atoms with Gasteiger partial charge in [0.25, 0.3) is 0 Å². The number of ether oxygens (including phenoxy) is 3. The number of carbonyl (C=O) groups is 2. The second-order valence-corrected chi connectivity index (χ2v) is 13.0. The molecule has 3 saturated carbocycles. The molecule has 1 saturated heterocycles. The van der Waals surface area contributed by atoms with Gasteiger partial charge in [-0.1, -0.05) is 76.1 Å². The fourth-order valence-corrected chi connectivity index (χ4v) is 6.89. The van der Waals surface area contributed by atoms with Gasteiger partial charge in [-0.15, -0.1) is 0 Å². The molecule has 0 aromatic carbocycles. The molecule has 4 fully saturated rings. The first kappa shape index (κ1) is 28.7. The van der Waals surface area contributed by atoms with E-state index in [4.69, 9.17) is 14.2 Å². The van der Waals surface area contributed by atoms with E-state index in [2.05, 4.69) is 58.6 Å². The Kier molecular flexibility index (Phi) is 8.94. The lowest BCUT2D eigenvalue weighted by Crippen LogP contribution is -2.45. The monoisotopic (exact) mass is 524 g/mol. The second-order valence-electron chi connectivity index (χ2n) is 13.0. The topological polar surface area (TPSA) is 61.8 Å². The van der Waals surface area contributed by atoms with E-state index in [0.29, 0.717) is 35.5 Å². The summed E-state index contributed by atoms with van der Waals surface area (Å²) in [7, 11) is 0. The van der Waals surface area contributed by atoms with Crippen LogP contribution in [0, 0.1) is 34.5 Å². The summed E-state index contributed by atoms with van der Waals surface area (Å²) < 4.78 is 15.8. The normalized spacial score (nSPS) is 33.2. The maximum Gasteiger partial charge on any atom is 0.508 e. The molecule has 4 rings (SSSR count). The first-order valence-corrected chi connectivity index (χ1v) is 14.8. The van der Waals surface area contributed by atoms with Gasteiger partial charge in [-0.2, -0.15) is 0 Å². The van der Waals surface area contributed by atoms with Gasteiger partial charge in [0.05, 0.1) is 0 Å². The Bertz CT molecular complexity index is 991. The zero-order valence-corrected chi connectivity index (χ0v) is 24.2. The number of hydrogen-bond donors (Lipinski definition) is 0. The number of rotatable bonds is 7. The molecule has 38 heavy (non-hydrogen) atoms. The van der Waals surface area contributed by atoms with Gasteiger partial charge in [-0.05, 0) is 86.5 Å². The van der Waals surface area contributed by atoms with Crippen LogP contribution < -0.4 is 0 Å². The number of allylic oxidation sites excluding steroid dienone is 6. The lowest BCUT2D eigenvalue weighted by atomic mass is 9.60. The van der Waals surface area contributed by atoms with E-state index in [1.54, 1.807) is 12.5 Å². The molecule has 1 aliphatic heterocycles. The predicted molar refractivity (Wildman–Crippen MR) is 150 cm³/mol. The molecular formula is C33H48O5. The molecule has 3 aliphatic carbocycles. The Morgan fingerprint density at radius 2 is 1.74 bits per heavy atom. The third-order valence-corrected chi connectivity index (χ3v) is 10.00. The smallest absolute Gasteiger partial charge is 0.461 e. The number of esters is 1. The average molecular weight is 525 g/mol. The van der Waals surface area contributed by atoms with Crippen LogP contribution in [0.4, 0.5) is 4.79 Å². The second kappa shape index (κ2) is 11.8. The van der Waals surface area contributed by atoms with Gasteiger partial charge in [0.15, 0.2) is 0 Å². The number of hydrogen-bond acceptors (Lipinski definition) is 5. The zero-order valence-electron chi connectivity index (χ0n) is 24.2. The summed E-state index contributed by atoms with van der Waals surface area (Å²) in [4.78, 5) is 24.1. The van der Waals surface area contributed by atoms with Crippen LogP contribution in [0.5, 0.6) is 0 Å². The third-order valence-electron chi connectivity index (χ3n) is 10.00. The minimum absolute atomic E-state index is 0.00792. The Morgan fingerprint density at radius 1 is 1.03 bits per heavy atom. The van der Waals surface area contributed by atoms with E-state index in [1.807, 2.05) is 0 Å². The minimum atomic E-state index is -0.958. The summed E-state index contributed by atoms with van der Waals surface area (Å²) in [5.41, 5.74) is 3.35. The van der Waals surface area contributed by atoms with Gasteiger partial charge in [-0.25, -0.2) is 4.79 Å². The molecule has 1 heterocycles. The van der Waals surface area contributed by atoms with Crippen molar-refractivity contribution in [2.45, 2.75) is 98.5 Å². The molecule has 5 heteroatoms. The lowest BCUT2D eigenvalue weighted by Gasteiger charge is -2.45. The Hall–Kier alpha value is -2.30. The van der Waals surface area contributed by atoms with Crippen LogP contribution in [-0.4, -0.2) is 31.4 Å². The molecule has 0 unspecified atom stereocenters. The Labute approximate surface area is 229 Å². The maximum absolute atomic E-state index is 12.9. The molecular weight excluding hydrogens is 476 g/mol. The molecule has 5 nitrogen and oxygen atoms in total. The summed E-state index contributed by atoms with van der Waals surface area (Å²) in [5.74, 6) is 2.16. The van der Waals surface area contributed by atoms with Gasteiger partial charge in [0.1, 0.15) is 24.7 Å². The van der Waals surface area contributed by atoms with Crippen molar-refractivity contribution in [3.63, 3.8) is 0 Å². The SMILES string of the molecule is C=C1CC[C@H](OC(=O)C2(C)COC(=O)OC2)CC1=CC=C1CCC[C@]2([C@H](C)C=C[C@H](C)C(C)C)CCC[C@@H]12. The van der Waals surface area contributed by atoms with Crippen LogP contribution in [0.3, 0.4) is 0 Å². The molecule has 0 N–H and O–H groups in total. The lowest BCUT2D eigenvalue weighted by molar-refractivity contribution is -0.172. The van der Waals surface area contributed by atoms with Crippen molar-refractivity contribution in [3.05, 3.63) is 47.6 Å². The molecule has 0 aromatic heterocycles. The van der Waals surface area contributed by atoms with E-state index in [9.17, 15) is 9.59 Å². The van der Waals surface area contributed by atoms with Gasteiger partial charge in [0.2, 0.25) is 0 Å². The van der Waals surface area contributed by atoms with Crippen molar-refractivity contribution in [3.8, 4) is 0 Å². The van der Waals surface area contributed by atoms with E-state index in [1.165, 1.54) is 44.1 Å². The number of cyclic esters (lactones) is 2. The molecule has 0 amide bonds. The van der Waals surface area contributed by atoms with Gasteiger partial charge in [-0.3, -0.25) is 4.79 Å². The van der Waals surface area contributed by atoms with Crippen molar-refractivity contribution < 1.29 is 23.8 Å².